The Hall–Kier alpha value is -2.62. The average molecular weight is 541 g/mol. The van der Waals surface area contributed by atoms with Crippen molar-refractivity contribution in [2.24, 2.45) is 0 Å². The van der Waals surface area contributed by atoms with Crippen LogP contribution in [0, 0.1) is 3.57 Å². The van der Waals surface area contributed by atoms with Gasteiger partial charge in [0.1, 0.15) is 5.01 Å². The minimum atomic E-state index is -0.289. The van der Waals surface area contributed by atoms with E-state index in [0.29, 0.717) is 0 Å². The summed E-state index contributed by atoms with van der Waals surface area (Å²) in [6.45, 7) is 0. The van der Waals surface area contributed by atoms with Crippen LogP contribution in [-0.4, -0.2) is 16.0 Å². The summed E-state index contributed by atoms with van der Waals surface area (Å²) in [6.07, 6.45) is 3.21. The van der Waals surface area contributed by atoms with Crippen LogP contribution in [0.5, 0.6) is 0 Å². The van der Waals surface area contributed by atoms with Crippen molar-refractivity contribution in [3.8, 4) is 10.6 Å². The third-order valence-corrected chi connectivity index (χ3v) is 6.16. The number of thiocarbonyl (C=S) groups is 1. The quantitative estimate of drug-likeness (QED) is 0.187. The molecule has 4 nitrogen and oxygen atoms in total. The molecule has 1 amide bonds. The summed E-state index contributed by atoms with van der Waals surface area (Å²) in [5, 5.41) is 6.97. The fourth-order valence-electron chi connectivity index (χ4n) is 2.83. The smallest absolute Gasteiger partial charge is 0.250 e. The van der Waals surface area contributed by atoms with E-state index in [1.54, 1.807) is 17.4 Å². The van der Waals surface area contributed by atoms with Crippen LogP contribution in [0.3, 0.4) is 0 Å². The van der Waals surface area contributed by atoms with Gasteiger partial charge in [0.25, 0.3) is 0 Å². The molecule has 0 bridgehead atoms. The third-order valence-electron chi connectivity index (χ3n) is 4.22. The van der Waals surface area contributed by atoms with Crippen molar-refractivity contribution >= 4 is 79.1 Å². The van der Waals surface area contributed by atoms with Crippen LogP contribution in [0.1, 0.15) is 5.56 Å². The summed E-state index contributed by atoms with van der Waals surface area (Å²) in [5.74, 6) is -0.289. The molecule has 1 heterocycles. The molecule has 0 spiro atoms. The summed E-state index contributed by atoms with van der Waals surface area (Å²) in [4.78, 5) is 17.0. The Bertz CT molecular complexity index is 1220. The zero-order valence-electron chi connectivity index (χ0n) is 15.6. The molecule has 0 aliphatic heterocycles. The van der Waals surface area contributed by atoms with Gasteiger partial charge in [-0.2, -0.15) is 0 Å². The number of hydrogen-bond donors (Lipinski definition) is 2. The lowest BCUT2D eigenvalue weighted by atomic mass is 10.2. The number of nitrogens with zero attached hydrogens (tertiary/aromatic N) is 1. The first-order valence-electron chi connectivity index (χ1n) is 9.09. The summed E-state index contributed by atoms with van der Waals surface area (Å²) >= 11 is 9.25. The van der Waals surface area contributed by atoms with E-state index in [2.05, 4.69) is 45.4 Å². The molecule has 30 heavy (non-hydrogen) atoms. The number of carbonyl (C=O) groups excluding carboxylic acids is 1. The van der Waals surface area contributed by atoms with E-state index in [1.165, 1.54) is 6.08 Å². The van der Waals surface area contributed by atoms with Gasteiger partial charge >= 0.3 is 0 Å². The van der Waals surface area contributed by atoms with E-state index < -0.39 is 0 Å². The Balaban J connectivity index is 1.51. The molecule has 4 aromatic rings. The number of rotatable bonds is 4. The Morgan fingerprint density at radius 1 is 1.03 bits per heavy atom. The number of amides is 1. The van der Waals surface area contributed by atoms with Gasteiger partial charge in [-0.25, -0.2) is 4.98 Å². The number of fused-ring (bicyclic) bond motifs is 1. The van der Waals surface area contributed by atoms with Crippen LogP contribution in [0.2, 0.25) is 0 Å². The van der Waals surface area contributed by atoms with Crippen molar-refractivity contribution < 1.29 is 4.79 Å². The normalized spacial score (nSPS) is 11.0. The minimum absolute atomic E-state index is 0.237. The van der Waals surface area contributed by atoms with Crippen LogP contribution in [-0.2, 0) is 4.79 Å². The molecule has 4 rings (SSSR count). The molecule has 0 unspecified atom stereocenters. The molecular formula is C23H16IN3OS2. The van der Waals surface area contributed by atoms with Crippen molar-refractivity contribution in [1.29, 1.82) is 0 Å². The Labute approximate surface area is 197 Å². The second-order valence-electron chi connectivity index (χ2n) is 6.36. The monoisotopic (exact) mass is 541 g/mol. The van der Waals surface area contributed by atoms with E-state index in [0.717, 1.165) is 35.6 Å². The van der Waals surface area contributed by atoms with Gasteiger partial charge < -0.3 is 5.32 Å². The number of aromatic nitrogens is 1. The number of hydrogen-bond acceptors (Lipinski definition) is 4. The molecular weight excluding hydrogens is 525 g/mol. The van der Waals surface area contributed by atoms with Gasteiger partial charge in [-0.05, 0) is 76.8 Å². The van der Waals surface area contributed by atoms with E-state index >= 15 is 0 Å². The van der Waals surface area contributed by atoms with E-state index in [-0.39, 0.29) is 11.0 Å². The summed E-state index contributed by atoms with van der Waals surface area (Å²) in [7, 11) is 0. The molecule has 2 N–H and O–H groups in total. The van der Waals surface area contributed by atoms with Crippen molar-refractivity contribution in [2.75, 3.05) is 5.32 Å². The molecule has 0 aliphatic carbocycles. The minimum Gasteiger partial charge on any atom is -0.332 e. The molecule has 148 valence electrons. The molecule has 0 saturated heterocycles. The molecule has 7 heteroatoms. The molecule has 0 saturated carbocycles. The van der Waals surface area contributed by atoms with Gasteiger partial charge in [-0.15, -0.1) is 11.3 Å². The lowest BCUT2D eigenvalue weighted by molar-refractivity contribution is -0.115. The Morgan fingerprint density at radius 2 is 1.80 bits per heavy atom. The highest BCUT2D eigenvalue weighted by Crippen LogP contribution is 2.35. The average Bonchev–Trinajstić information content (AvgIpc) is 3.18. The maximum atomic E-state index is 12.2. The van der Waals surface area contributed by atoms with Crippen LogP contribution in [0.15, 0.2) is 78.9 Å². The van der Waals surface area contributed by atoms with Gasteiger partial charge in [0.2, 0.25) is 5.91 Å². The van der Waals surface area contributed by atoms with Crippen molar-refractivity contribution in [2.45, 2.75) is 0 Å². The van der Waals surface area contributed by atoms with E-state index in [9.17, 15) is 4.79 Å². The first-order chi connectivity index (χ1) is 14.6. The second kappa shape index (κ2) is 9.46. The van der Waals surface area contributed by atoms with Crippen LogP contribution >= 0.6 is 46.1 Å². The van der Waals surface area contributed by atoms with Gasteiger partial charge in [0.15, 0.2) is 5.11 Å². The number of carbonyl (C=O) groups is 1. The fraction of sp³-hybridized carbons (Fsp3) is 0. The Morgan fingerprint density at radius 3 is 2.60 bits per heavy atom. The van der Waals surface area contributed by atoms with E-state index in [4.69, 9.17) is 17.2 Å². The van der Waals surface area contributed by atoms with E-state index in [1.807, 2.05) is 60.7 Å². The maximum Gasteiger partial charge on any atom is 0.250 e. The summed E-state index contributed by atoms with van der Waals surface area (Å²) < 4.78 is 2.22. The van der Waals surface area contributed by atoms with Gasteiger partial charge in [0.05, 0.1) is 15.9 Å². The third kappa shape index (κ3) is 5.10. The van der Waals surface area contributed by atoms with Gasteiger partial charge in [0, 0.05) is 15.2 Å². The van der Waals surface area contributed by atoms with Crippen LogP contribution in [0.4, 0.5) is 5.69 Å². The number of halogens is 1. The van der Waals surface area contributed by atoms with Crippen molar-refractivity contribution in [3.05, 3.63) is 88.0 Å². The highest BCUT2D eigenvalue weighted by molar-refractivity contribution is 14.1. The zero-order chi connectivity index (χ0) is 20.9. The highest BCUT2D eigenvalue weighted by atomic mass is 127. The highest BCUT2D eigenvalue weighted by Gasteiger charge is 2.13. The number of anilines is 1. The van der Waals surface area contributed by atoms with Gasteiger partial charge in [-0.1, -0.05) is 42.5 Å². The maximum absolute atomic E-state index is 12.2. The number of thiazole rings is 1. The zero-order valence-corrected chi connectivity index (χ0v) is 19.4. The first kappa shape index (κ1) is 20.6. The molecule has 0 atom stereocenters. The largest absolute Gasteiger partial charge is 0.332 e. The van der Waals surface area contributed by atoms with Crippen LogP contribution < -0.4 is 10.6 Å². The predicted octanol–water partition coefficient (Wildman–Crippen LogP) is 6.09. The van der Waals surface area contributed by atoms with Crippen LogP contribution in [0.25, 0.3) is 26.9 Å². The lowest BCUT2D eigenvalue weighted by Crippen LogP contribution is -2.33. The summed E-state index contributed by atoms with van der Waals surface area (Å²) in [6, 6.07) is 23.7. The fourth-order valence-corrected chi connectivity index (χ4v) is 4.53. The molecule has 0 aliphatic rings. The predicted molar refractivity (Wildman–Crippen MR) is 138 cm³/mol. The molecule has 3 aromatic carbocycles. The second-order valence-corrected chi connectivity index (χ2v) is 9.05. The standard InChI is InChI=1S/C23H16IN3OS2/c24-16-11-12-18(17(14-16)22-25-19-8-4-5-9-20(19)30-22)26-23(29)27-21(28)13-10-15-6-2-1-3-7-15/h1-14H,(H2,26,27,28,29). The molecule has 1 aromatic heterocycles. The first-order valence-corrected chi connectivity index (χ1v) is 11.4. The van der Waals surface area contributed by atoms with Crippen molar-refractivity contribution in [1.82, 2.24) is 10.3 Å². The summed E-state index contributed by atoms with van der Waals surface area (Å²) in [5.41, 5.74) is 3.65. The van der Waals surface area contributed by atoms with Crippen molar-refractivity contribution in [3.63, 3.8) is 0 Å². The topological polar surface area (TPSA) is 54.0 Å². The lowest BCUT2D eigenvalue weighted by Gasteiger charge is -2.12. The van der Waals surface area contributed by atoms with Gasteiger partial charge in [-0.3, -0.25) is 10.1 Å². The number of nitrogens with one attached hydrogen (secondary N) is 2. The molecule has 0 fully saturated rings. The number of para-hydroxylation sites is 1. The SMILES string of the molecule is O=C(C=Cc1ccccc1)NC(=S)Nc1ccc(I)cc1-c1nc2ccccc2s1. The Kier molecular flexibility index (Phi) is 6.51. The molecule has 0 radical (unpaired) electrons. The number of benzene rings is 3.